The van der Waals surface area contributed by atoms with Gasteiger partial charge < -0.3 is 0 Å². The van der Waals surface area contributed by atoms with Crippen LogP contribution in [0.15, 0.2) is 109 Å². The minimum atomic E-state index is -2.53. The van der Waals surface area contributed by atoms with Crippen LogP contribution in [-0.2, 0) is 6.54 Å². The van der Waals surface area contributed by atoms with E-state index >= 15 is 0 Å². The first-order chi connectivity index (χ1) is 16.3. The van der Waals surface area contributed by atoms with E-state index in [4.69, 9.17) is 4.98 Å². The second kappa shape index (κ2) is 6.84. The highest BCUT2D eigenvalue weighted by Crippen LogP contribution is 2.34. The summed E-state index contributed by atoms with van der Waals surface area (Å²) in [4.78, 5) is 5.14. The van der Waals surface area contributed by atoms with Gasteiger partial charge in [0.1, 0.15) is 0 Å². The minimum absolute atomic E-state index is 0.918. The number of pyridine rings is 2. The number of aromatic nitrogens is 2. The van der Waals surface area contributed by atoms with Gasteiger partial charge >= 0.3 is 0 Å². The monoisotopic (exact) mass is 439 g/mol. The zero-order chi connectivity index (χ0) is 22.0. The molecule has 0 atom stereocenters. The van der Waals surface area contributed by atoms with Crippen molar-refractivity contribution in [3.05, 3.63) is 121 Å². The fraction of sp³-hybridized carbons (Fsp3) is 0.0667. The van der Waals surface area contributed by atoms with Crippen molar-refractivity contribution in [2.24, 2.45) is 0 Å². The van der Waals surface area contributed by atoms with Gasteiger partial charge in [-0.3, -0.25) is 4.98 Å². The van der Waals surface area contributed by atoms with E-state index < -0.39 is 8.07 Å². The topological polar surface area (TPSA) is 16.8 Å². The molecule has 0 N–H and O–H groups in total. The van der Waals surface area contributed by atoms with Crippen LogP contribution in [0.25, 0.3) is 22.4 Å². The van der Waals surface area contributed by atoms with Gasteiger partial charge in [-0.25, -0.2) is 0 Å². The minimum Gasteiger partial charge on any atom is -0.264 e. The fourth-order valence-corrected chi connectivity index (χ4v) is 11.1. The number of hydrogen-bond donors (Lipinski definition) is 0. The highest BCUT2D eigenvalue weighted by Gasteiger charge is 2.56. The largest absolute Gasteiger partial charge is 0.264 e. The summed E-state index contributed by atoms with van der Waals surface area (Å²) in [5.41, 5.74) is 8.06. The lowest BCUT2D eigenvalue weighted by atomic mass is 10.0. The average molecular weight is 440 g/mol. The highest BCUT2D eigenvalue weighted by atomic mass is 28.3. The third-order valence-corrected chi connectivity index (χ3v) is 12.1. The molecular weight excluding hydrogens is 416 g/mol. The summed E-state index contributed by atoms with van der Waals surface area (Å²) in [6.07, 6.45) is 4.38. The maximum Gasteiger partial charge on any atom is 0.215 e. The summed E-state index contributed by atoms with van der Waals surface area (Å²) < 4.78 is 2.48. The van der Waals surface area contributed by atoms with Crippen molar-refractivity contribution in [2.75, 3.05) is 0 Å². The number of hydrogen-bond acceptors (Lipinski definition) is 1. The molecule has 4 heterocycles. The molecule has 0 radical (unpaired) electrons. The van der Waals surface area contributed by atoms with Crippen molar-refractivity contribution in [1.29, 1.82) is 0 Å². The van der Waals surface area contributed by atoms with E-state index in [9.17, 15) is 0 Å². The Hall–Kier alpha value is -3.82. The quantitative estimate of drug-likeness (QED) is 0.305. The van der Waals surface area contributed by atoms with Gasteiger partial charge in [-0.2, -0.15) is 4.57 Å². The van der Waals surface area contributed by atoms with Crippen molar-refractivity contribution >= 4 is 29.0 Å². The molecule has 2 aliphatic heterocycles. The standard InChI is InChI=1S/C30H23N2Si/c1-21-10-8-9-15-26(21)23-18-27-29-28-22(19-32(29)20-23)16-17-31-30(28)33(27,24-11-4-2-5-12-24)25-13-6-3-7-14-25/h2-18,20H,19H2,1H3/q+1. The molecule has 156 valence electrons. The molecule has 0 spiro atoms. The van der Waals surface area contributed by atoms with Crippen LogP contribution in [0.5, 0.6) is 0 Å². The summed E-state index contributed by atoms with van der Waals surface area (Å²) in [5.74, 6) is 0. The molecule has 2 aromatic heterocycles. The van der Waals surface area contributed by atoms with Crippen LogP contribution < -0.4 is 25.4 Å². The van der Waals surface area contributed by atoms with Crippen LogP contribution in [0, 0.1) is 6.92 Å². The Morgan fingerprint density at radius 3 is 2.15 bits per heavy atom. The maximum absolute atomic E-state index is 5.14. The van der Waals surface area contributed by atoms with E-state index in [2.05, 4.69) is 115 Å². The number of aryl methyl sites for hydroxylation is 1. The summed E-state index contributed by atoms with van der Waals surface area (Å²) in [6.45, 7) is 3.13. The Labute approximate surface area is 194 Å². The number of benzene rings is 3. The van der Waals surface area contributed by atoms with Gasteiger partial charge in [0.25, 0.3) is 0 Å². The zero-order valence-electron chi connectivity index (χ0n) is 18.5. The van der Waals surface area contributed by atoms with Gasteiger partial charge in [0.05, 0.1) is 10.9 Å². The lowest BCUT2D eigenvalue weighted by molar-refractivity contribution is -0.670. The molecule has 3 aromatic carbocycles. The van der Waals surface area contributed by atoms with E-state index in [0.717, 1.165) is 6.54 Å². The van der Waals surface area contributed by atoms with E-state index in [1.165, 1.54) is 54.4 Å². The summed E-state index contributed by atoms with van der Waals surface area (Å²) in [5, 5.41) is 5.56. The molecule has 3 heteroatoms. The second-order valence-corrected chi connectivity index (χ2v) is 12.8. The predicted molar refractivity (Wildman–Crippen MR) is 136 cm³/mol. The molecule has 7 rings (SSSR count). The summed E-state index contributed by atoms with van der Waals surface area (Å²) in [6, 6.07) is 35.6. The van der Waals surface area contributed by atoms with Crippen LogP contribution in [0.3, 0.4) is 0 Å². The number of nitrogens with zero attached hydrogens (tertiary/aromatic N) is 2. The van der Waals surface area contributed by atoms with E-state index in [1.807, 2.05) is 6.20 Å². The number of rotatable bonds is 3. The van der Waals surface area contributed by atoms with E-state index in [1.54, 1.807) is 0 Å². The van der Waals surface area contributed by atoms with Crippen LogP contribution in [-0.4, -0.2) is 13.1 Å². The molecule has 33 heavy (non-hydrogen) atoms. The van der Waals surface area contributed by atoms with Crippen LogP contribution in [0.1, 0.15) is 11.1 Å². The SMILES string of the molecule is Cc1ccccc1-c1cc2c3[n+](c1)Cc1ccnc(c1-3)[Si]2(c1ccccc1)c1ccccc1. The van der Waals surface area contributed by atoms with Crippen LogP contribution >= 0.6 is 0 Å². The molecule has 0 fully saturated rings. The van der Waals surface area contributed by atoms with Crippen molar-refractivity contribution in [3.8, 4) is 22.4 Å². The average Bonchev–Trinajstić information content (AvgIpc) is 3.40. The van der Waals surface area contributed by atoms with Crippen LogP contribution in [0.2, 0.25) is 0 Å². The predicted octanol–water partition coefficient (Wildman–Crippen LogP) is 3.06. The Bertz CT molecular complexity index is 1500. The van der Waals surface area contributed by atoms with Gasteiger partial charge in [-0.05, 0) is 40.6 Å². The Kier molecular flexibility index (Phi) is 3.88. The van der Waals surface area contributed by atoms with E-state index in [0.29, 0.717) is 0 Å². The molecular formula is C30H23N2Si+. The van der Waals surface area contributed by atoms with Crippen molar-refractivity contribution < 1.29 is 4.57 Å². The zero-order valence-corrected chi connectivity index (χ0v) is 19.5. The Morgan fingerprint density at radius 1 is 0.788 bits per heavy atom. The molecule has 0 saturated carbocycles. The van der Waals surface area contributed by atoms with Crippen LogP contribution in [0.4, 0.5) is 0 Å². The highest BCUT2D eigenvalue weighted by molar-refractivity contribution is 7.21. The van der Waals surface area contributed by atoms with Crippen molar-refractivity contribution in [2.45, 2.75) is 13.5 Å². The molecule has 5 aromatic rings. The Morgan fingerprint density at radius 2 is 1.45 bits per heavy atom. The smallest absolute Gasteiger partial charge is 0.215 e. The maximum atomic E-state index is 5.14. The van der Waals surface area contributed by atoms with E-state index in [-0.39, 0.29) is 0 Å². The molecule has 2 nitrogen and oxygen atoms in total. The molecule has 0 unspecified atom stereocenters. The third kappa shape index (κ3) is 2.43. The first kappa shape index (κ1) is 18.7. The first-order valence-corrected chi connectivity index (χ1v) is 13.5. The van der Waals surface area contributed by atoms with Crippen molar-refractivity contribution in [1.82, 2.24) is 4.98 Å². The third-order valence-electron chi connectivity index (χ3n) is 7.38. The molecule has 0 saturated heterocycles. The van der Waals surface area contributed by atoms with Gasteiger partial charge in [0.15, 0.2) is 12.7 Å². The van der Waals surface area contributed by atoms with Gasteiger partial charge in [0.2, 0.25) is 13.8 Å². The second-order valence-electron chi connectivity index (χ2n) is 9.11. The normalized spacial score (nSPS) is 14.3. The lowest BCUT2D eigenvalue weighted by Gasteiger charge is -2.29. The Balaban J connectivity index is 1.65. The van der Waals surface area contributed by atoms with Gasteiger partial charge in [-0.1, -0.05) is 84.9 Å². The van der Waals surface area contributed by atoms with Gasteiger partial charge in [-0.15, -0.1) is 0 Å². The first-order valence-electron chi connectivity index (χ1n) is 11.5. The van der Waals surface area contributed by atoms with Crippen molar-refractivity contribution in [3.63, 3.8) is 0 Å². The molecule has 0 amide bonds. The summed E-state index contributed by atoms with van der Waals surface area (Å²) >= 11 is 0. The fourth-order valence-electron chi connectivity index (χ4n) is 6.00. The molecule has 0 aliphatic carbocycles. The van der Waals surface area contributed by atoms with Gasteiger partial charge in [0, 0.05) is 22.5 Å². The summed E-state index contributed by atoms with van der Waals surface area (Å²) in [7, 11) is -2.53. The molecule has 0 bridgehead atoms. The molecule has 2 aliphatic rings. The lowest BCUT2D eigenvalue weighted by Crippen LogP contribution is -2.74.